The largest absolute Gasteiger partial charge is 0.496 e. The molecule has 1 aromatic rings. The van der Waals surface area contributed by atoms with E-state index in [-0.39, 0.29) is 11.8 Å². The van der Waals surface area contributed by atoms with Crippen molar-refractivity contribution in [1.29, 1.82) is 0 Å². The van der Waals surface area contributed by atoms with Crippen LogP contribution in [-0.2, 0) is 14.8 Å². The molecule has 7 heteroatoms. The molecule has 0 aliphatic carbocycles. The zero-order valence-corrected chi connectivity index (χ0v) is 15.6. The summed E-state index contributed by atoms with van der Waals surface area (Å²) in [5, 5.41) is 2.81. The van der Waals surface area contributed by atoms with Crippen molar-refractivity contribution in [1.82, 2.24) is 9.62 Å². The van der Waals surface area contributed by atoms with E-state index in [4.69, 9.17) is 4.74 Å². The number of methoxy groups -OCH3 is 1. The summed E-state index contributed by atoms with van der Waals surface area (Å²) in [6.07, 6.45) is 1.11. The molecular weight excluding hydrogens is 328 g/mol. The minimum Gasteiger partial charge on any atom is -0.496 e. The van der Waals surface area contributed by atoms with Crippen molar-refractivity contribution in [3.05, 3.63) is 23.3 Å². The number of carbonyl (C=O) groups excluding carboxylic acids is 1. The summed E-state index contributed by atoms with van der Waals surface area (Å²) in [6.45, 7) is 6.83. The Morgan fingerprint density at radius 2 is 1.88 bits per heavy atom. The SMILES string of the molecule is CCNC(=O)C1CCN(S(=O)(=O)c2cc(C)c(OC)cc2C)CC1. The topological polar surface area (TPSA) is 75.7 Å². The first-order valence-corrected chi connectivity index (χ1v) is 9.68. The lowest BCUT2D eigenvalue weighted by atomic mass is 9.97. The minimum atomic E-state index is -3.56. The molecule has 1 N–H and O–H groups in total. The summed E-state index contributed by atoms with van der Waals surface area (Å²) >= 11 is 0. The molecule has 0 saturated carbocycles. The molecule has 1 aliphatic rings. The predicted molar refractivity (Wildman–Crippen MR) is 92.6 cm³/mol. The number of amides is 1. The molecule has 0 spiro atoms. The van der Waals surface area contributed by atoms with Gasteiger partial charge in [0.1, 0.15) is 5.75 Å². The molecule has 0 aromatic heterocycles. The summed E-state index contributed by atoms with van der Waals surface area (Å²) in [6, 6.07) is 3.42. The summed E-state index contributed by atoms with van der Waals surface area (Å²) < 4.78 is 32.6. The highest BCUT2D eigenvalue weighted by Gasteiger charge is 2.33. The highest BCUT2D eigenvalue weighted by atomic mass is 32.2. The maximum Gasteiger partial charge on any atom is 0.243 e. The molecule has 1 aliphatic heterocycles. The summed E-state index contributed by atoms with van der Waals surface area (Å²) in [5.74, 6) is 0.600. The smallest absolute Gasteiger partial charge is 0.243 e. The fourth-order valence-corrected chi connectivity index (χ4v) is 4.84. The first kappa shape index (κ1) is 18.7. The van der Waals surface area contributed by atoms with Crippen LogP contribution in [0.3, 0.4) is 0 Å². The Morgan fingerprint density at radius 3 is 2.42 bits per heavy atom. The van der Waals surface area contributed by atoms with Crippen LogP contribution in [0.15, 0.2) is 17.0 Å². The van der Waals surface area contributed by atoms with Crippen molar-refractivity contribution in [2.24, 2.45) is 5.92 Å². The van der Waals surface area contributed by atoms with Crippen LogP contribution in [0.25, 0.3) is 0 Å². The fourth-order valence-electron chi connectivity index (χ4n) is 3.08. The number of ether oxygens (including phenoxy) is 1. The van der Waals surface area contributed by atoms with Crippen molar-refractivity contribution in [3.8, 4) is 5.75 Å². The Morgan fingerprint density at radius 1 is 1.25 bits per heavy atom. The quantitative estimate of drug-likeness (QED) is 0.875. The third-order valence-electron chi connectivity index (χ3n) is 4.49. The van der Waals surface area contributed by atoms with Crippen molar-refractivity contribution in [3.63, 3.8) is 0 Å². The molecule has 1 saturated heterocycles. The van der Waals surface area contributed by atoms with Crippen LogP contribution in [-0.4, -0.2) is 45.4 Å². The number of piperidine rings is 1. The minimum absolute atomic E-state index is 0.0195. The molecule has 0 radical (unpaired) electrons. The van der Waals surface area contributed by atoms with Crippen LogP contribution in [0.5, 0.6) is 5.75 Å². The van der Waals surface area contributed by atoms with Gasteiger partial charge in [0.15, 0.2) is 0 Å². The highest BCUT2D eigenvalue weighted by Crippen LogP contribution is 2.30. The van der Waals surface area contributed by atoms with E-state index in [1.165, 1.54) is 4.31 Å². The van der Waals surface area contributed by atoms with Crippen LogP contribution in [0.1, 0.15) is 30.9 Å². The Labute approximate surface area is 144 Å². The lowest BCUT2D eigenvalue weighted by Crippen LogP contribution is -2.43. The number of nitrogens with one attached hydrogen (secondary N) is 1. The van der Waals surface area contributed by atoms with Crippen LogP contribution < -0.4 is 10.1 Å². The first-order chi connectivity index (χ1) is 11.3. The van der Waals surface area contributed by atoms with Gasteiger partial charge >= 0.3 is 0 Å². The van der Waals surface area contributed by atoms with Crippen LogP contribution in [0.4, 0.5) is 0 Å². The summed E-state index contributed by atoms with van der Waals surface area (Å²) in [4.78, 5) is 12.2. The molecule has 1 fully saturated rings. The molecule has 24 heavy (non-hydrogen) atoms. The standard InChI is InChI=1S/C17H26N2O4S/c1-5-18-17(20)14-6-8-19(9-7-14)24(21,22)16-11-12(2)15(23-4)10-13(16)3/h10-11,14H,5-9H2,1-4H3,(H,18,20). The van der Waals surface area contributed by atoms with E-state index in [1.54, 1.807) is 26.2 Å². The van der Waals surface area contributed by atoms with Crippen molar-refractivity contribution >= 4 is 15.9 Å². The maximum absolute atomic E-state index is 12.9. The molecule has 0 atom stereocenters. The molecule has 1 heterocycles. The summed E-state index contributed by atoms with van der Waals surface area (Å²) in [5.41, 5.74) is 1.46. The van der Waals surface area contributed by atoms with Gasteiger partial charge in [-0.3, -0.25) is 4.79 Å². The number of benzene rings is 1. The van der Waals surface area contributed by atoms with E-state index >= 15 is 0 Å². The van der Waals surface area contributed by atoms with Crippen molar-refractivity contribution in [2.75, 3.05) is 26.7 Å². The second-order valence-electron chi connectivity index (χ2n) is 6.16. The monoisotopic (exact) mass is 354 g/mol. The number of sulfonamides is 1. The van der Waals surface area contributed by atoms with E-state index in [9.17, 15) is 13.2 Å². The molecule has 6 nitrogen and oxygen atoms in total. The number of hydrogen-bond acceptors (Lipinski definition) is 4. The van der Waals surface area contributed by atoms with Gasteiger partial charge in [0.25, 0.3) is 0 Å². The van der Waals surface area contributed by atoms with E-state index in [2.05, 4.69) is 5.32 Å². The van der Waals surface area contributed by atoms with Gasteiger partial charge in [-0.2, -0.15) is 4.31 Å². The Hall–Kier alpha value is -1.60. The van der Waals surface area contributed by atoms with E-state index < -0.39 is 10.0 Å². The van der Waals surface area contributed by atoms with Gasteiger partial charge in [-0.25, -0.2) is 8.42 Å². The van der Waals surface area contributed by atoms with Crippen LogP contribution in [0.2, 0.25) is 0 Å². The van der Waals surface area contributed by atoms with E-state index in [0.717, 1.165) is 5.56 Å². The molecule has 0 bridgehead atoms. The maximum atomic E-state index is 12.9. The Balaban J connectivity index is 2.18. The van der Waals surface area contributed by atoms with Gasteiger partial charge in [0.05, 0.1) is 12.0 Å². The zero-order valence-electron chi connectivity index (χ0n) is 14.8. The van der Waals surface area contributed by atoms with Gasteiger partial charge in [0.2, 0.25) is 15.9 Å². The Kier molecular flexibility index (Phi) is 5.87. The third kappa shape index (κ3) is 3.72. The third-order valence-corrected chi connectivity index (χ3v) is 6.53. The average molecular weight is 354 g/mol. The van der Waals surface area contributed by atoms with E-state index in [1.807, 2.05) is 13.8 Å². The second-order valence-corrected chi connectivity index (χ2v) is 8.07. The van der Waals surface area contributed by atoms with Crippen molar-refractivity contribution in [2.45, 2.75) is 38.5 Å². The predicted octanol–water partition coefficient (Wildman–Crippen LogP) is 1.85. The van der Waals surface area contributed by atoms with Gasteiger partial charge in [-0.1, -0.05) is 0 Å². The molecular formula is C17H26N2O4S. The molecule has 1 aromatic carbocycles. The number of rotatable bonds is 5. The van der Waals surface area contributed by atoms with E-state index in [0.29, 0.717) is 48.7 Å². The molecule has 2 rings (SSSR count). The highest BCUT2D eigenvalue weighted by molar-refractivity contribution is 7.89. The molecule has 134 valence electrons. The van der Waals surface area contributed by atoms with Gasteiger partial charge < -0.3 is 10.1 Å². The normalized spacial score (nSPS) is 16.8. The molecule has 1 amide bonds. The molecule has 0 unspecified atom stereocenters. The van der Waals surface area contributed by atoms with Crippen molar-refractivity contribution < 1.29 is 17.9 Å². The lowest BCUT2D eigenvalue weighted by Gasteiger charge is -2.31. The number of nitrogens with zero attached hydrogens (tertiary/aromatic N) is 1. The fraction of sp³-hybridized carbons (Fsp3) is 0.588. The van der Waals surface area contributed by atoms with Gasteiger partial charge in [-0.05, 0) is 56.9 Å². The number of carbonyl (C=O) groups is 1. The van der Waals surface area contributed by atoms with Crippen LogP contribution in [0, 0.1) is 19.8 Å². The summed E-state index contributed by atoms with van der Waals surface area (Å²) in [7, 11) is -1.98. The number of hydrogen-bond donors (Lipinski definition) is 1. The second kappa shape index (κ2) is 7.53. The zero-order chi connectivity index (χ0) is 17.9. The van der Waals surface area contributed by atoms with Gasteiger partial charge in [-0.15, -0.1) is 0 Å². The lowest BCUT2D eigenvalue weighted by molar-refractivity contribution is -0.126. The number of aryl methyl sites for hydroxylation is 2. The average Bonchev–Trinajstić information content (AvgIpc) is 2.56. The van der Waals surface area contributed by atoms with Crippen LogP contribution >= 0.6 is 0 Å². The Bertz CT molecular complexity index is 708. The van der Waals surface area contributed by atoms with Gasteiger partial charge in [0, 0.05) is 25.6 Å². The first-order valence-electron chi connectivity index (χ1n) is 8.24.